The van der Waals surface area contributed by atoms with Gasteiger partial charge in [0.25, 0.3) is 0 Å². The van der Waals surface area contributed by atoms with Crippen LogP contribution in [0.25, 0.3) is 0 Å². The van der Waals surface area contributed by atoms with E-state index < -0.39 is 10.0 Å². The molecular formula is C13H23N3O2S. The summed E-state index contributed by atoms with van der Waals surface area (Å²) in [4.78, 5) is 4.46. The Morgan fingerprint density at radius 3 is 2.58 bits per heavy atom. The topological polar surface area (TPSA) is 55.2 Å². The molecule has 0 aliphatic carbocycles. The maximum atomic E-state index is 11.9. The van der Waals surface area contributed by atoms with Gasteiger partial charge in [0, 0.05) is 37.4 Å². The van der Waals surface area contributed by atoms with Crippen molar-refractivity contribution in [3.8, 4) is 0 Å². The molecule has 0 amide bonds. The summed E-state index contributed by atoms with van der Waals surface area (Å²) in [5, 5.41) is 0. The van der Waals surface area contributed by atoms with Crippen molar-refractivity contribution in [1.82, 2.24) is 13.9 Å². The van der Waals surface area contributed by atoms with Gasteiger partial charge in [-0.25, -0.2) is 17.7 Å². The van der Waals surface area contributed by atoms with Crippen LogP contribution in [0.3, 0.4) is 0 Å². The number of rotatable bonds is 6. The fourth-order valence-corrected chi connectivity index (χ4v) is 4.12. The fourth-order valence-electron chi connectivity index (χ4n) is 2.54. The summed E-state index contributed by atoms with van der Waals surface area (Å²) in [6.45, 7) is 8.22. The van der Waals surface area contributed by atoms with E-state index in [2.05, 4.69) is 23.4 Å². The van der Waals surface area contributed by atoms with Gasteiger partial charge in [-0.05, 0) is 19.8 Å². The Bertz CT molecular complexity index is 530. The van der Waals surface area contributed by atoms with E-state index in [1.165, 1.54) is 0 Å². The largest absolute Gasteiger partial charge is 0.332 e. The lowest BCUT2D eigenvalue weighted by atomic mass is 10.0. The number of nitrogens with zero attached hydrogens (tertiary/aromatic N) is 3. The summed E-state index contributed by atoms with van der Waals surface area (Å²) in [5.41, 5.74) is 1.16. The lowest BCUT2D eigenvalue weighted by molar-refractivity contribution is 0.250. The number of hydrogen-bond acceptors (Lipinski definition) is 3. The minimum absolute atomic E-state index is 0.252. The quantitative estimate of drug-likeness (QED) is 0.800. The minimum Gasteiger partial charge on any atom is -0.332 e. The van der Waals surface area contributed by atoms with Crippen molar-refractivity contribution < 1.29 is 8.42 Å². The van der Waals surface area contributed by atoms with Gasteiger partial charge >= 0.3 is 0 Å². The van der Waals surface area contributed by atoms with Gasteiger partial charge in [-0.15, -0.1) is 0 Å². The van der Waals surface area contributed by atoms with Crippen LogP contribution in [0, 0.1) is 6.92 Å². The molecule has 19 heavy (non-hydrogen) atoms. The third-order valence-electron chi connectivity index (χ3n) is 3.60. The molecule has 0 aromatic carbocycles. The maximum Gasteiger partial charge on any atom is 0.214 e. The highest BCUT2D eigenvalue weighted by Gasteiger charge is 2.38. The Labute approximate surface area is 115 Å². The molecule has 0 N–H and O–H groups in total. The molecule has 0 unspecified atom stereocenters. The Hall–Kier alpha value is -0.880. The first-order chi connectivity index (χ1) is 8.99. The van der Waals surface area contributed by atoms with Crippen LogP contribution < -0.4 is 0 Å². The SMILES string of the molecule is CCCn1c(C)cnc1C1CN(S(=O)(=O)CCC)C1. The maximum absolute atomic E-state index is 11.9. The molecule has 0 atom stereocenters. The van der Waals surface area contributed by atoms with Gasteiger partial charge in [-0.3, -0.25) is 0 Å². The normalized spacial score (nSPS) is 17.6. The van der Waals surface area contributed by atoms with Crippen LogP contribution in [0.2, 0.25) is 0 Å². The van der Waals surface area contributed by atoms with Gasteiger partial charge in [0.05, 0.1) is 5.75 Å². The minimum atomic E-state index is -3.04. The third-order valence-corrected chi connectivity index (χ3v) is 5.61. The van der Waals surface area contributed by atoms with Crippen LogP contribution in [0.1, 0.15) is 44.1 Å². The molecular weight excluding hydrogens is 262 g/mol. The summed E-state index contributed by atoms with van der Waals surface area (Å²) in [6.07, 6.45) is 3.62. The molecule has 108 valence electrons. The molecule has 2 heterocycles. The molecule has 0 saturated carbocycles. The Kier molecular flexibility index (Phi) is 4.30. The summed E-state index contributed by atoms with van der Waals surface area (Å²) in [7, 11) is -3.04. The molecule has 1 fully saturated rings. The van der Waals surface area contributed by atoms with Crippen molar-refractivity contribution in [2.75, 3.05) is 18.8 Å². The van der Waals surface area contributed by atoms with Crippen molar-refractivity contribution >= 4 is 10.0 Å². The standard InChI is InChI=1S/C13H23N3O2S/c1-4-6-16-11(3)8-14-13(16)12-9-15(10-12)19(17,18)7-5-2/h8,12H,4-7,9-10H2,1-3H3. The van der Waals surface area contributed by atoms with Gasteiger partial charge in [-0.2, -0.15) is 0 Å². The van der Waals surface area contributed by atoms with Crippen molar-refractivity contribution in [2.45, 2.75) is 46.1 Å². The van der Waals surface area contributed by atoms with E-state index in [1.54, 1.807) is 4.31 Å². The number of aromatic nitrogens is 2. The zero-order valence-corrected chi connectivity index (χ0v) is 12.8. The third kappa shape index (κ3) is 2.84. The van der Waals surface area contributed by atoms with E-state index in [4.69, 9.17) is 0 Å². The first-order valence-electron chi connectivity index (χ1n) is 6.99. The molecule has 5 nitrogen and oxygen atoms in total. The van der Waals surface area contributed by atoms with Crippen LogP contribution in [0.4, 0.5) is 0 Å². The first kappa shape index (κ1) is 14.5. The second kappa shape index (κ2) is 5.63. The Morgan fingerprint density at radius 1 is 1.32 bits per heavy atom. The fraction of sp³-hybridized carbons (Fsp3) is 0.769. The number of aryl methyl sites for hydroxylation is 1. The predicted octanol–water partition coefficient (Wildman–Crippen LogP) is 1.74. The highest BCUT2D eigenvalue weighted by atomic mass is 32.2. The van der Waals surface area contributed by atoms with E-state index in [0.29, 0.717) is 19.5 Å². The van der Waals surface area contributed by atoms with E-state index >= 15 is 0 Å². The molecule has 1 aromatic rings. The Morgan fingerprint density at radius 2 is 2.00 bits per heavy atom. The Balaban J connectivity index is 2.05. The smallest absolute Gasteiger partial charge is 0.214 e. The summed E-state index contributed by atoms with van der Waals surface area (Å²) in [5.74, 6) is 1.55. The molecule has 2 rings (SSSR count). The summed E-state index contributed by atoms with van der Waals surface area (Å²) >= 11 is 0. The second-order valence-electron chi connectivity index (χ2n) is 5.24. The lowest BCUT2D eigenvalue weighted by Gasteiger charge is -2.37. The average molecular weight is 285 g/mol. The first-order valence-corrected chi connectivity index (χ1v) is 8.60. The molecule has 1 saturated heterocycles. The molecule has 6 heteroatoms. The molecule has 1 aliphatic rings. The highest BCUT2D eigenvalue weighted by Crippen LogP contribution is 2.29. The van der Waals surface area contributed by atoms with E-state index in [9.17, 15) is 8.42 Å². The van der Waals surface area contributed by atoms with Gasteiger partial charge < -0.3 is 4.57 Å². The van der Waals surface area contributed by atoms with Crippen molar-refractivity contribution in [2.24, 2.45) is 0 Å². The predicted molar refractivity (Wildman–Crippen MR) is 75.6 cm³/mol. The number of hydrogen-bond donors (Lipinski definition) is 0. The van der Waals surface area contributed by atoms with Crippen LogP contribution in [0.15, 0.2) is 6.20 Å². The second-order valence-corrected chi connectivity index (χ2v) is 7.33. The lowest BCUT2D eigenvalue weighted by Crippen LogP contribution is -2.50. The monoisotopic (exact) mass is 285 g/mol. The zero-order valence-electron chi connectivity index (χ0n) is 12.0. The molecule has 1 aromatic heterocycles. The van der Waals surface area contributed by atoms with Gasteiger partial charge in [0.15, 0.2) is 0 Å². The van der Waals surface area contributed by atoms with Crippen molar-refractivity contribution in [3.63, 3.8) is 0 Å². The summed E-state index contributed by atoms with van der Waals surface area (Å²) in [6, 6.07) is 0. The highest BCUT2D eigenvalue weighted by molar-refractivity contribution is 7.89. The van der Waals surface area contributed by atoms with Gasteiger partial charge in [-0.1, -0.05) is 13.8 Å². The molecule has 0 radical (unpaired) electrons. The van der Waals surface area contributed by atoms with Crippen molar-refractivity contribution in [3.05, 3.63) is 17.7 Å². The molecule has 0 bridgehead atoms. The number of imidazole rings is 1. The zero-order chi connectivity index (χ0) is 14.0. The van der Waals surface area contributed by atoms with Gasteiger partial charge in [0.2, 0.25) is 10.0 Å². The molecule has 0 spiro atoms. The van der Waals surface area contributed by atoms with E-state index in [0.717, 1.165) is 24.5 Å². The van der Waals surface area contributed by atoms with Crippen LogP contribution >= 0.6 is 0 Å². The number of sulfonamides is 1. The average Bonchev–Trinajstić information content (AvgIpc) is 2.60. The molecule has 1 aliphatic heterocycles. The van der Waals surface area contributed by atoms with E-state index in [1.807, 2.05) is 13.1 Å². The van der Waals surface area contributed by atoms with Gasteiger partial charge in [0.1, 0.15) is 5.82 Å². The summed E-state index contributed by atoms with van der Waals surface area (Å²) < 4.78 is 27.6. The van der Waals surface area contributed by atoms with E-state index in [-0.39, 0.29) is 11.7 Å². The van der Waals surface area contributed by atoms with Crippen LogP contribution in [0.5, 0.6) is 0 Å². The van der Waals surface area contributed by atoms with Crippen LogP contribution in [-0.2, 0) is 16.6 Å². The van der Waals surface area contributed by atoms with Crippen LogP contribution in [-0.4, -0.2) is 41.1 Å². The van der Waals surface area contributed by atoms with Crippen molar-refractivity contribution in [1.29, 1.82) is 0 Å².